The Morgan fingerprint density at radius 2 is 1.73 bits per heavy atom. The average Bonchev–Trinajstić information content (AvgIpc) is 2.76. The largest absolute Gasteiger partial charge is 0.341 e. The number of carbonyl (C=O) groups is 2. The summed E-state index contributed by atoms with van der Waals surface area (Å²) in [4.78, 5) is 44.3. The van der Waals surface area contributed by atoms with Crippen LogP contribution in [-0.4, -0.2) is 39.2 Å². The molecule has 0 unspecified atom stereocenters. The topological polar surface area (TPSA) is 72.3 Å². The van der Waals surface area contributed by atoms with Crippen LogP contribution in [0.15, 0.2) is 53.6 Å². The molecule has 6 heteroatoms. The number of aryl methyl sites for hydroxylation is 2. The normalized spacial score (nSPS) is 14.8. The maximum atomic E-state index is 12.8. The van der Waals surface area contributed by atoms with Crippen molar-refractivity contribution in [1.29, 1.82) is 0 Å². The smallest absolute Gasteiger partial charge is 0.261 e. The second-order valence-electron chi connectivity index (χ2n) is 8.03. The van der Waals surface area contributed by atoms with Gasteiger partial charge in [-0.15, -0.1) is 0 Å². The molecule has 3 aromatic rings. The molecule has 0 N–H and O–H groups in total. The Bertz CT molecular complexity index is 1160. The van der Waals surface area contributed by atoms with Crippen molar-refractivity contribution in [2.24, 2.45) is 5.92 Å². The third-order valence-corrected chi connectivity index (χ3v) is 5.92. The van der Waals surface area contributed by atoms with Crippen LogP contribution in [-0.2, 0) is 11.3 Å². The third kappa shape index (κ3) is 3.90. The van der Waals surface area contributed by atoms with E-state index in [9.17, 15) is 14.4 Å². The van der Waals surface area contributed by atoms with Gasteiger partial charge in [0.15, 0.2) is 5.78 Å². The Labute approximate surface area is 175 Å². The van der Waals surface area contributed by atoms with Crippen molar-refractivity contribution in [1.82, 2.24) is 14.5 Å². The van der Waals surface area contributed by atoms with E-state index in [4.69, 9.17) is 0 Å². The van der Waals surface area contributed by atoms with E-state index in [2.05, 4.69) is 4.98 Å². The van der Waals surface area contributed by atoms with Crippen molar-refractivity contribution in [3.05, 3.63) is 75.8 Å². The van der Waals surface area contributed by atoms with Gasteiger partial charge in [-0.2, -0.15) is 0 Å². The minimum Gasteiger partial charge on any atom is -0.341 e. The van der Waals surface area contributed by atoms with Crippen LogP contribution in [0.25, 0.3) is 10.9 Å². The lowest BCUT2D eigenvalue weighted by atomic mass is 9.88. The van der Waals surface area contributed by atoms with Gasteiger partial charge in [-0.25, -0.2) is 4.98 Å². The lowest BCUT2D eigenvalue weighted by molar-refractivity contribution is -0.133. The maximum absolute atomic E-state index is 12.8. The molecule has 2 aromatic carbocycles. The number of hydrogen-bond acceptors (Lipinski definition) is 4. The van der Waals surface area contributed by atoms with Crippen LogP contribution in [0.3, 0.4) is 0 Å². The van der Waals surface area contributed by atoms with Crippen molar-refractivity contribution < 1.29 is 9.59 Å². The van der Waals surface area contributed by atoms with Gasteiger partial charge in [-0.1, -0.05) is 42.0 Å². The van der Waals surface area contributed by atoms with E-state index in [-0.39, 0.29) is 29.7 Å². The summed E-state index contributed by atoms with van der Waals surface area (Å²) in [5.74, 6) is -0.0376. The molecular weight excluding hydrogens is 378 g/mol. The first-order chi connectivity index (χ1) is 14.4. The molecule has 1 aromatic heterocycles. The van der Waals surface area contributed by atoms with Gasteiger partial charge < -0.3 is 4.90 Å². The first-order valence-electron chi connectivity index (χ1n) is 10.3. The zero-order chi connectivity index (χ0) is 21.3. The monoisotopic (exact) mass is 403 g/mol. The molecule has 0 bridgehead atoms. The number of Topliss-reactive ketones (excluding diaryl/α,β-unsaturated/α-hetero) is 1. The van der Waals surface area contributed by atoms with Crippen molar-refractivity contribution >= 4 is 22.6 Å². The molecule has 2 heterocycles. The molecule has 4 rings (SSSR count). The average molecular weight is 403 g/mol. The number of hydrogen-bond donors (Lipinski definition) is 0. The summed E-state index contributed by atoms with van der Waals surface area (Å²) in [6.07, 6.45) is 2.73. The van der Waals surface area contributed by atoms with E-state index in [0.717, 1.165) is 16.7 Å². The van der Waals surface area contributed by atoms with Crippen LogP contribution in [0.1, 0.15) is 34.3 Å². The zero-order valence-corrected chi connectivity index (χ0v) is 17.3. The maximum Gasteiger partial charge on any atom is 0.261 e. The first-order valence-corrected chi connectivity index (χ1v) is 10.3. The summed E-state index contributed by atoms with van der Waals surface area (Å²) >= 11 is 0. The summed E-state index contributed by atoms with van der Waals surface area (Å²) in [6, 6.07) is 13.1. The van der Waals surface area contributed by atoms with Crippen molar-refractivity contribution in [2.45, 2.75) is 33.2 Å². The van der Waals surface area contributed by atoms with Crippen LogP contribution < -0.4 is 5.56 Å². The van der Waals surface area contributed by atoms with E-state index in [0.29, 0.717) is 36.8 Å². The lowest BCUT2D eigenvalue weighted by Crippen LogP contribution is -2.42. The zero-order valence-electron chi connectivity index (χ0n) is 17.3. The summed E-state index contributed by atoms with van der Waals surface area (Å²) in [7, 11) is 0. The van der Waals surface area contributed by atoms with Crippen LogP contribution >= 0.6 is 0 Å². The fourth-order valence-corrected chi connectivity index (χ4v) is 4.04. The number of fused-ring (bicyclic) bond motifs is 1. The number of benzene rings is 2. The highest BCUT2D eigenvalue weighted by Gasteiger charge is 2.28. The standard InChI is InChI=1S/C24H25N3O3/c1-16-6-8-18(9-7-16)23(29)19-10-12-26(13-11-19)21(28)14-27-15-25-22-17(2)4-3-5-20(22)24(27)30/h3-9,15,19H,10-14H2,1-2H3. The molecule has 0 aliphatic carbocycles. The van der Waals surface area contributed by atoms with Crippen molar-refractivity contribution in [2.75, 3.05) is 13.1 Å². The number of para-hydroxylation sites is 1. The van der Waals surface area contributed by atoms with Gasteiger partial charge in [0.25, 0.3) is 5.56 Å². The number of carbonyl (C=O) groups excluding carboxylic acids is 2. The van der Waals surface area contributed by atoms with Gasteiger partial charge >= 0.3 is 0 Å². The summed E-state index contributed by atoms with van der Waals surface area (Å²) in [6.45, 7) is 4.92. The second-order valence-corrected chi connectivity index (χ2v) is 8.03. The minimum absolute atomic E-state index is 0.0354. The quantitative estimate of drug-likeness (QED) is 0.628. The molecule has 0 spiro atoms. The van der Waals surface area contributed by atoms with Gasteiger partial charge in [0.1, 0.15) is 6.54 Å². The van der Waals surface area contributed by atoms with Gasteiger partial charge in [0.05, 0.1) is 17.2 Å². The summed E-state index contributed by atoms with van der Waals surface area (Å²) in [5.41, 5.74) is 3.25. The van der Waals surface area contributed by atoms with Crippen molar-refractivity contribution in [3.8, 4) is 0 Å². The van der Waals surface area contributed by atoms with Crippen LogP contribution in [0.5, 0.6) is 0 Å². The number of piperidine rings is 1. The Hall–Kier alpha value is -3.28. The third-order valence-electron chi connectivity index (χ3n) is 5.92. The Morgan fingerprint density at radius 3 is 2.43 bits per heavy atom. The van der Waals surface area contributed by atoms with E-state index >= 15 is 0 Å². The Balaban J connectivity index is 1.41. The highest BCUT2D eigenvalue weighted by Crippen LogP contribution is 2.22. The van der Waals surface area contributed by atoms with Gasteiger partial charge in [-0.3, -0.25) is 19.0 Å². The van der Waals surface area contributed by atoms with Crippen LogP contribution in [0.2, 0.25) is 0 Å². The SMILES string of the molecule is Cc1ccc(C(=O)C2CCN(C(=O)Cn3cnc4c(C)cccc4c3=O)CC2)cc1. The fraction of sp³-hybridized carbons (Fsp3) is 0.333. The van der Waals surface area contributed by atoms with E-state index in [1.807, 2.05) is 50.2 Å². The number of nitrogens with zero attached hydrogens (tertiary/aromatic N) is 3. The molecule has 0 saturated carbocycles. The molecule has 0 atom stereocenters. The molecule has 1 saturated heterocycles. The minimum atomic E-state index is -0.207. The Morgan fingerprint density at radius 1 is 1.03 bits per heavy atom. The molecule has 1 amide bonds. The molecule has 1 fully saturated rings. The van der Waals surface area contributed by atoms with Gasteiger partial charge in [-0.05, 0) is 38.3 Å². The second kappa shape index (κ2) is 8.22. The number of ketones is 1. The lowest BCUT2D eigenvalue weighted by Gasteiger charge is -2.31. The molecular formula is C24H25N3O3. The van der Waals surface area contributed by atoms with Crippen LogP contribution in [0.4, 0.5) is 0 Å². The predicted molar refractivity (Wildman–Crippen MR) is 116 cm³/mol. The van der Waals surface area contributed by atoms with Crippen molar-refractivity contribution in [3.63, 3.8) is 0 Å². The number of aromatic nitrogens is 2. The molecule has 1 aliphatic heterocycles. The summed E-state index contributed by atoms with van der Waals surface area (Å²) in [5, 5.41) is 0.521. The predicted octanol–water partition coefficient (Wildman–Crippen LogP) is 3.13. The fourth-order valence-electron chi connectivity index (χ4n) is 4.04. The molecule has 1 aliphatic rings. The molecule has 30 heavy (non-hydrogen) atoms. The van der Waals surface area contributed by atoms with E-state index in [1.54, 1.807) is 11.0 Å². The highest BCUT2D eigenvalue weighted by atomic mass is 16.2. The molecule has 0 radical (unpaired) electrons. The summed E-state index contributed by atoms with van der Waals surface area (Å²) < 4.78 is 1.37. The molecule has 154 valence electrons. The first kappa shape index (κ1) is 20.0. The van der Waals surface area contributed by atoms with E-state index < -0.39 is 0 Å². The number of likely N-dealkylation sites (tertiary alicyclic amines) is 1. The van der Waals surface area contributed by atoms with Crippen LogP contribution in [0, 0.1) is 19.8 Å². The highest BCUT2D eigenvalue weighted by molar-refractivity contribution is 5.98. The number of rotatable bonds is 4. The Kier molecular flexibility index (Phi) is 5.48. The van der Waals surface area contributed by atoms with Gasteiger partial charge in [0.2, 0.25) is 5.91 Å². The number of amides is 1. The van der Waals surface area contributed by atoms with E-state index in [1.165, 1.54) is 10.9 Å². The molecule has 6 nitrogen and oxygen atoms in total. The van der Waals surface area contributed by atoms with Gasteiger partial charge in [0, 0.05) is 24.6 Å².